The highest BCUT2D eigenvalue weighted by Crippen LogP contribution is 2.25. The van der Waals surface area contributed by atoms with E-state index < -0.39 is 6.29 Å². The minimum absolute atomic E-state index is 0.0526. The van der Waals surface area contributed by atoms with Crippen molar-refractivity contribution >= 4 is 17.6 Å². The highest BCUT2D eigenvalue weighted by molar-refractivity contribution is 6.32. The average molecular weight is 317 g/mol. The van der Waals surface area contributed by atoms with Crippen molar-refractivity contribution in [2.45, 2.75) is 20.1 Å². The fourth-order valence-electron chi connectivity index (χ4n) is 1.68. The number of carbonyl (C=O) groups is 1. The van der Waals surface area contributed by atoms with E-state index in [1.165, 1.54) is 14.2 Å². The maximum absolute atomic E-state index is 11.5. The van der Waals surface area contributed by atoms with E-state index in [9.17, 15) is 4.79 Å². The van der Waals surface area contributed by atoms with Crippen LogP contribution in [0.4, 0.5) is 4.79 Å². The molecule has 21 heavy (non-hydrogen) atoms. The van der Waals surface area contributed by atoms with E-state index in [0.29, 0.717) is 5.75 Å². The zero-order valence-corrected chi connectivity index (χ0v) is 13.4. The maximum atomic E-state index is 11.5. The molecule has 2 N–H and O–H groups in total. The second kappa shape index (κ2) is 8.71. The molecule has 0 aliphatic heterocycles. The SMILES string of the molecule is COC(CNC(=O)NCOc1cc(C)c(Cl)c(C)c1)OC. The third kappa shape index (κ3) is 5.79. The average Bonchev–Trinajstić information content (AvgIpc) is 2.45. The second-order valence-corrected chi connectivity index (χ2v) is 4.83. The predicted octanol–water partition coefficient (Wildman–Crippen LogP) is 2.21. The number of amides is 2. The molecule has 6 nitrogen and oxygen atoms in total. The summed E-state index contributed by atoms with van der Waals surface area (Å²) in [6, 6.07) is 3.28. The molecule has 0 aliphatic carbocycles. The van der Waals surface area contributed by atoms with Gasteiger partial charge in [0.1, 0.15) is 5.75 Å². The zero-order chi connectivity index (χ0) is 15.8. The van der Waals surface area contributed by atoms with Gasteiger partial charge in [-0.15, -0.1) is 0 Å². The van der Waals surface area contributed by atoms with E-state index in [1.54, 1.807) is 0 Å². The molecule has 118 valence electrons. The van der Waals surface area contributed by atoms with Crippen molar-refractivity contribution in [2.75, 3.05) is 27.5 Å². The Hall–Kier alpha value is -1.50. The van der Waals surface area contributed by atoms with E-state index in [0.717, 1.165) is 16.1 Å². The molecule has 0 aliphatic rings. The van der Waals surface area contributed by atoms with E-state index >= 15 is 0 Å². The molecule has 0 fully saturated rings. The molecule has 2 amide bonds. The van der Waals surface area contributed by atoms with Gasteiger partial charge in [0.15, 0.2) is 13.0 Å². The standard InChI is InChI=1S/C14H21ClN2O4/c1-9-5-11(6-10(2)13(9)15)21-8-17-14(18)16-7-12(19-3)20-4/h5-6,12H,7-8H2,1-4H3,(H2,16,17,18). The maximum Gasteiger partial charge on any atom is 0.317 e. The molecule has 0 radical (unpaired) electrons. The molecule has 1 aromatic carbocycles. The van der Waals surface area contributed by atoms with Crippen LogP contribution in [0.2, 0.25) is 5.02 Å². The lowest BCUT2D eigenvalue weighted by atomic mass is 10.1. The minimum atomic E-state index is -0.474. The van der Waals surface area contributed by atoms with Crippen LogP contribution in [-0.2, 0) is 9.47 Å². The number of methoxy groups -OCH3 is 2. The molecule has 0 saturated carbocycles. The van der Waals surface area contributed by atoms with Gasteiger partial charge < -0.3 is 24.8 Å². The van der Waals surface area contributed by atoms with Crippen molar-refractivity contribution < 1.29 is 19.0 Å². The number of halogens is 1. The fraction of sp³-hybridized carbons (Fsp3) is 0.500. The van der Waals surface area contributed by atoms with Crippen LogP contribution >= 0.6 is 11.6 Å². The van der Waals surface area contributed by atoms with Crippen molar-refractivity contribution in [2.24, 2.45) is 0 Å². The van der Waals surface area contributed by atoms with Crippen molar-refractivity contribution in [1.29, 1.82) is 0 Å². The van der Waals surface area contributed by atoms with Crippen LogP contribution < -0.4 is 15.4 Å². The number of urea groups is 1. The van der Waals surface area contributed by atoms with E-state index in [2.05, 4.69) is 10.6 Å². The Bertz CT molecular complexity index is 455. The third-order valence-corrected chi connectivity index (χ3v) is 3.43. The molecule has 0 unspecified atom stereocenters. The lowest BCUT2D eigenvalue weighted by molar-refractivity contribution is -0.0972. The van der Waals surface area contributed by atoms with Gasteiger partial charge in [0.05, 0.1) is 6.54 Å². The highest BCUT2D eigenvalue weighted by atomic mass is 35.5. The largest absolute Gasteiger partial charge is 0.473 e. The topological polar surface area (TPSA) is 68.8 Å². The van der Waals surface area contributed by atoms with Crippen molar-refractivity contribution in [3.8, 4) is 5.75 Å². The molecule has 0 bridgehead atoms. The number of hydrogen-bond donors (Lipinski definition) is 2. The van der Waals surface area contributed by atoms with Crippen molar-refractivity contribution in [1.82, 2.24) is 10.6 Å². The summed E-state index contributed by atoms with van der Waals surface area (Å²) in [7, 11) is 3.00. The number of benzene rings is 1. The van der Waals surface area contributed by atoms with Crippen LogP contribution in [0.15, 0.2) is 12.1 Å². The summed E-state index contributed by atoms with van der Waals surface area (Å²) < 4.78 is 15.4. The van der Waals surface area contributed by atoms with Crippen LogP contribution in [0, 0.1) is 13.8 Å². The van der Waals surface area contributed by atoms with Gasteiger partial charge in [0, 0.05) is 19.2 Å². The van der Waals surface area contributed by atoms with Crippen LogP contribution in [-0.4, -0.2) is 39.8 Å². The van der Waals surface area contributed by atoms with E-state index in [-0.39, 0.29) is 19.3 Å². The third-order valence-electron chi connectivity index (χ3n) is 2.84. The molecular weight excluding hydrogens is 296 g/mol. The zero-order valence-electron chi connectivity index (χ0n) is 12.7. The van der Waals surface area contributed by atoms with Gasteiger partial charge >= 0.3 is 6.03 Å². The van der Waals surface area contributed by atoms with Gasteiger partial charge in [-0.05, 0) is 37.1 Å². The number of carbonyl (C=O) groups excluding carboxylic acids is 1. The normalized spacial score (nSPS) is 10.6. The quantitative estimate of drug-likeness (QED) is 0.757. The van der Waals surface area contributed by atoms with Crippen molar-refractivity contribution in [3.05, 3.63) is 28.3 Å². The molecular formula is C14H21ClN2O4. The summed E-state index contributed by atoms with van der Waals surface area (Å²) in [5.74, 6) is 0.654. The van der Waals surface area contributed by atoms with E-state index in [1.807, 2.05) is 26.0 Å². The Labute approximate surface area is 129 Å². The number of nitrogens with one attached hydrogen (secondary N) is 2. The number of ether oxygens (including phenoxy) is 3. The summed E-state index contributed by atoms with van der Waals surface area (Å²) in [5, 5.41) is 5.89. The van der Waals surface area contributed by atoms with Gasteiger partial charge in [0.2, 0.25) is 0 Å². The molecule has 0 aromatic heterocycles. The Morgan fingerprint density at radius 3 is 2.29 bits per heavy atom. The number of rotatable bonds is 7. The molecule has 1 rings (SSSR count). The Morgan fingerprint density at radius 2 is 1.76 bits per heavy atom. The lowest BCUT2D eigenvalue weighted by Gasteiger charge is -2.15. The first-order valence-corrected chi connectivity index (χ1v) is 6.82. The molecule has 0 saturated heterocycles. The van der Waals surface area contributed by atoms with Crippen molar-refractivity contribution in [3.63, 3.8) is 0 Å². The molecule has 0 heterocycles. The summed E-state index contributed by atoms with van der Waals surface area (Å²) in [5.41, 5.74) is 1.86. The minimum Gasteiger partial charge on any atom is -0.473 e. The number of hydrogen-bond acceptors (Lipinski definition) is 4. The van der Waals surface area contributed by atoms with Gasteiger partial charge in [-0.3, -0.25) is 0 Å². The fourth-order valence-corrected chi connectivity index (χ4v) is 1.79. The number of aryl methyl sites for hydroxylation is 2. The monoisotopic (exact) mass is 316 g/mol. The first-order valence-electron chi connectivity index (χ1n) is 6.44. The molecule has 7 heteroatoms. The first kappa shape index (κ1) is 17.6. The Kier molecular flexibility index (Phi) is 7.28. The predicted molar refractivity (Wildman–Crippen MR) is 80.8 cm³/mol. The summed E-state index contributed by atoms with van der Waals surface area (Å²) in [6.07, 6.45) is -0.474. The smallest absolute Gasteiger partial charge is 0.317 e. The van der Waals surface area contributed by atoms with Gasteiger partial charge in [0.25, 0.3) is 0 Å². The lowest BCUT2D eigenvalue weighted by Crippen LogP contribution is -2.42. The van der Waals surface area contributed by atoms with E-state index in [4.69, 9.17) is 25.8 Å². The van der Waals surface area contributed by atoms with Crippen LogP contribution in [0.25, 0.3) is 0 Å². The summed E-state index contributed by atoms with van der Waals surface area (Å²) in [4.78, 5) is 11.5. The molecule has 0 spiro atoms. The van der Waals surface area contributed by atoms with Gasteiger partial charge in [-0.25, -0.2) is 4.79 Å². The first-order chi connectivity index (χ1) is 9.97. The molecule has 1 aromatic rings. The van der Waals surface area contributed by atoms with Crippen LogP contribution in [0.1, 0.15) is 11.1 Å². The molecule has 0 atom stereocenters. The summed E-state index contributed by atoms with van der Waals surface area (Å²) >= 11 is 6.07. The second-order valence-electron chi connectivity index (χ2n) is 4.45. The van der Waals surface area contributed by atoms with Crippen LogP contribution in [0.3, 0.4) is 0 Å². The van der Waals surface area contributed by atoms with Gasteiger partial charge in [-0.2, -0.15) is 0 Å². The Morgan fingerprint density at radius 1 is 1.19 bits per heavy atom. The Balaban J connectivity index is 2.35. The van der Waals surface area contributed by atoms with Crippen LogP contribution in [0.5, 0.6) is 5.75 Å². The summed E-state index contributed by atoms with van der Waals surface area (Å²) in [6.45, 7) is 4.10. The van der Waals surface area contributed by atoms with Gasteiger partial charge in [-0.1, -0.05) is 11.6 Å². The highest BCUT2D eigenvalue weighted by Gasteiger charge is 2.08.